The van der Waals surface area contributed by atoms with Gasteiger partial charge in [-0.05, 0) is 31.2 Å². The summed E-state index contributed by atoms with van der Waals surface area (Å²) >= 11 is 0. The first-order chi connectivity index (χ1) is 9.16. The molecule has 0 saturated carbocycles. The fraction of sp³-hybridized carbons (Fsp3) is 0.133. The second kappa shape index (κ2) is 5.91. The van der Waals surface area contributed by atoms with Crippen LogP contribution >= 0.6 is 0 Å². The van der Waals surface area contributed by atoms with Crippen molar-refractivity contribution in [1.29, 1.82) is 0 Å². The van der Waals surface area contributed by atoms with E-state index in [1.807, 2.05) is 18.2 Å². The van der Waals surface area contributed by atoms with E-state index < -0.39 is 0 Å². The molecule has 0 aliphatic heterocycles. The van der Waals surface area contributed by atoms with Gasteiger partial charge in [0.25, 0.3) is 5.91 Å². The Morgan fingerprint density at radius 1 is 1.16 bits per heavy atom. The predicted molar refractivity (Wildman–Crippen MR) is 73.4 cm³/mol. The highest BCUT2D eigenvalue weighted by Crippen LogP contribution is 2.23. The quantitative estimate of drug-likeness (QED) is 0.885. The van der Waals surface area contributed by atoms with Gasteiger partial charge in [-0.2, -0.15) is 0 Å². The maximum atomic E-state index is 11.7. The van der Waals surface area contributed by atoms with Crippen LogP contribution < -0.4 is 10.1 Å². The summed E-state index contributed by atoms with van der Waals surface area (Å²) < 4.78 is 5.34. The average Bonchev–Trinajstić information content (AvgIpc) is 2.43. The van der Waals surface area contributed by atoms with E-state index in [-0.39, 0.29) is 18.3 Å². The molecule has 0 aliphatic rings. The number of phenolic OH excluding ortho intramolecular Hbond substituents is 1. The van der Waals surface area contributed by atoms with E-state index in [9.17, 15) is 9.90 Å². The van der Waals surface area contributed by atoms with E-state index in [1.165, 1.54) is 0 Å². The Balaban J connectivity index is 1.93. The Hall–Kier alpha value is -2.49. The van der Waals surface area contributed by atoms with Crippen molar-refractivity contribution in [2.45, 2.75) is 6.92 Å². The highest BCUT2D eigenvalue weighted by Gasteiger charge is 2.07. The van der Waals surface area contributed by atoms with Crippen molar-refractivity contribution >= 4 is 11.6 Å². The van der Waals surface area contributed by atoms with Gasteiger partial charge in [0.05, 0.1) is 0 Å². The van der Waals surface area contributed by atoms with Crippen LogP contribution in [0.1, 0.15) is 5.56 Å². The fourth-order valence-electron chi connectivity index (χ4n) is 1.61. The van der Waals surface area contributed by atoms with Crippen molar-refractivity contribution in [2.24, 2.45) is 0 Å². The van der Waals surface area contributed by atoms with Gasteiger partial charge in [-0.1, -0.05) is 24.3 Å². The van der Waals surface area contributed by atoms with Crippen molar-refractivity contribution in [3.05, 3.63) is 54.1 Å². The van der Waals surface area contributed by atoms with Crippen LogP contribution in [0, 0.1) is 6.92 Å². The number of nitrogens with one attached hydrogen (secondary N) is 1. The number of ether oxygens (including phenoxy) is 1. The molecule has 0 fully saturated rings. The number of hydrogen-bond acceptors (Lipinski definition) is 3. The lowest BCUT2D eigenvalue weighted by Crippen LogP contribution is -2.20. The van der Waals surface area contributed by atoms with Crippen LogP contribution in [-0.2, 0) is 4.79 Å². The number of para-hydroxylation sites is 1. The lowest BCUT2D eigenvalue weighted by molar-refractivity contribution is -0.118. The van der Waals surface area contributed by atoms with Crippen LogP contribution in [0.4, 0.5) is 5.69 Å². The van der Waals surface area contributed by atoms with Crippen LogP contribution in [0.15, 0.2) is 48.5 Å². The second-order valence-electron chi connectivity index (χ2n) is 4.10. The number of carbonyl (C=O) groups excluding carboxylic acids is 1. The Morgan fingerprint density at radius 3 is 2.63 bits per heavy atom. The smallest absolute Gasteiger partial charge is 0.262 e. The minimum Gasteiger partial charge on any atom is -0.508 e. The Kier molecular flexibility index (Phi) is 4.03. The molecule has 1 amide bonds. The molecule has 2 aromatic carbocycles. The molecule has 0 aromatic heterocycles. The summed E-state index contributed by atoms with van der Waals surface area (Å²) in [5.74, 6) is 0.532. The molecule has 2 aromatic rings. The Morgan fingerprint density at radius 2 is 1.89 bits per heavy atom. The molecular formula is C15H15NO3. The maximum absolute atomic E-state index is 11.7. The third-order valence-corrected chi connectivity index (χ3v) is 2.69. The van der Waals surface area contributed by atoms with Crippen molar-refractivity contribution in [3.8, 4) is 11.5 Å². The number of benzene rings is 2. The van der Waals surface area contributed by atoms with E-state index in [0.29, 0.717) is 17.0 Å². The number of rotatable bonds is 4. The summed E-state index contributed by atoms with van der Waals surface area (Å²) in [6, 6.07) is 14.1. The largest absolute Gasteiger partial charge is 0.508 e. The second-order valence-corrected chi connectivity index (χ2v) is 4.10. The van der Waals surface area contributed by atoms with Gasteiger partial charge >= 0.3 is 0 Å². The average molecular weight is 257 g/mol. The first-order valence-electron chi connectivity index (χ1n) is 5.93. The maximum Gasteiger partial charge on any atom is 0.262 e. The summed E-state index contributed by atoms with van der Waals surface area (Å²) in [7, 11) is 0. The molecule has 0 saturated heterocycles. The molecule has 0 spiro atoms. The predicted octanol–water partition coefficient (Wildman–Crippen LogP) is 2.72. The summed E-state index contributed by atoms with van der Waals surface area (Å²) in [6.45, 7) is 1.67. The van der Waals surface area contributed by atoms with Crippen molar-refractivity contribution < 1.29 is 14.6 Å². The third-order valence-electron chi connectivity index (χ3n) is 2.69. The summed E-state index contributed by atoms with van der Waals surface area (Å²) in [6.07, 6.45) is 0. The molecule has 0 atom stereocenters. The zero-order valence-corrected chi connectivity index (χ0v) is 10.6. The lowest BCUT2D eigenvalue weighted by atomic mass is 10.2. The molecule has 4 nitrogen and oxygen atoms in total. The number of anilines is 1. The molecule has 0 unspecified atom stereocenters. The molecule has 0 bridgehead atoms. The van der Waals surface area contributed by atoms with E-state index >= 15 is 0 Å². The van der Waals surface area contributed by atoms with E-state index in [4.69, 9.17) is 4.74 Å². The zero-order chi connectivity index (χ0) is 13.7. The highest BCUT2D eigenvalue weighted by molar-refractivity contribution is 5.92. The topological polar surface area (TPSA) is 58.6 Å². The van der Waals surface area contributed by atoms with Gasteiger partial charge in [0.2, 0.25) is 0 Å². The molecule has 2 rings (SSSR count). The van der Waals surface area contributed by atoms with Gasteiger partial charge < -0.3 is 15.2 Å². The molecule has 0 radical (unpaired) electrons. The van der Waals surface area contributed by atoms with Gasteiger partial charge in [-0.25, -0.2) is 0 Å². The molecule has 2 N–H and O–H groups in total. The minimum atomic E-state index is -0.266. The Bertz CT molecular complexity index is 567. The fourth-order valence-corrected chi connectivity index (χ4v) is 1.61. The van der Waals surface area contributed by atoms with Crippen LogP contribution in [0.5, 0.6) is 11.5 Å². The number of amides is 1. The molecule has 0 aliphatic carbocycles. The highest BCUT2D eigenvalue weighted by atomic mass is 16.5. The van der Waals surface area contributed by atoms with Crippen LogP contribution in [-0.4, -0.2) is 17.6 Å². The lowest BCUT2D eigenvalue weighted by Gasteiger charge is -2.10. The third kappa shape index (κ3) is 3.48. The summed E-state index contributed by atoms with van der Waals surface area (Å²) in [5.41, 5.74) is 1.22. The SMILES string of the molecule is Cc1c(O)cccc1NC(=O)COc1ccccc1. The normalized spacial score (nSPS) is 9.95. The van der Waals surface area contributed by atoms with Gasteiger partial charge in [-0.3, -0.25) is 4.79 Å². The molecule has 98 valence electrons. The van der Waals surface area contributed by atoms with E-state index in [1.54, 1.807) is 37.3 Å². The molecule has 0 heterocycles. The Labute approximate surface area is 111 Å². The van der Waals surface area contributed by atoms with Crippen molar-refractivity contribution in [1.82, 2.24) is 0 Å². The van der Waals surface area contributed by atoms with Gasteiger partial charge in [0.1, 0.15) is 11.5 Å². The van der Waals surface area contributed by atoms with Crippen LogP contribution in [0.25, 0.3) is 0 Å². The molecule has 19 heavy (non-hydrogen) atoms. The van der Waals surface area contributed by atoms with Crippen LogP contribution in [0.2, 0.25) is 0 Å². The van der Waals surface area contributed by atoms with Gasteiger partial charge in [0.15, 0.2) is 6.61 Å². The minimum absolute atomic E-state index is 0.0703. The monoisotopic (exact) mass is 257 g/mol. The molecule has 4 heteroatoms. The van der Waals surface area contributed by atoms with Crippen LogP contribution in [0.3, 0.4) is 0 Å². The first kappa shape index (κ1) is 13.0. The number of carbonyl (C=O) groups is 1. The van der Waals surface area contributed by atoms with E-state index in [2.05, 4.69) is 5.32 Å². The zero-order valence-electron chi connectivity index (χ0n) is 10.6. The number of aromatic hydroxyl groups is 1. The number of hydrogen-bond donors (Lipinski definition) is 2. The summed E-state index contributed by atoms with van der Waals surface area (Å²) in [5, 5.41) is 12.2. The van der Waals surface area contributed by atoms with Gasteiger partial charge in [-0.15, -0.1) is 0 Å². The van der Waals surface area contributed by atoms with Gasteiger partial charge in [0, 0.05) is 11.3 Å². The number of phenols is 1. The van der Waals surface area contributed by atoms with Crippen molar-refractivity contribution in [3.63, 3.8) is 0 Å². The molecular weight excluding hydrogens is 242 g/mol. The van der Waals surface area contributed by atoms with Crippen molar-refractivity contribution in [2.75, 3.05) is 11.9 Å². The standard InChI is InChI=1S/C15H15NO3/c1-11-13(8-5-9-14(11)17)16-15(18)10-19-12-6-3-2-4-7-12/h2-9,17H,10H2,1H3,(H,16,18). The summed E-state index contributed by atoms with van der Waals surface area (Å²) in [4.78, 5) is 11.7. The first-order valence-corrected chi connectivity index (χ1v) is 5.93. The van der Waals surface area contributed by atoms with E-state index in [0.717, 1.165) is 0 Å².